The minimum Gasteiger partial charge on any atom is -0.358 e. The number of aryl methyl sites for hydroxylation is 1. The fourth-order valence-corrected chi connectivity index (χ4v) is 1.40. The number of aromatic nitrogens is 1. The lowest BCUT2D eigenvalue weighted by Crippen LogP contribution is -2.03. The van der Waals surface area contributed by atoms with E-state index < -0.39 is 0 Å². The molecule has 68 valence electrons. The molecule has 2 aromatic rings. The molecule has 1 heterocycles. The fraction of sp³-hybridized carbons (Fsp3) is 0.300. The summed E-state index contributed by atoms with van der Waals surface area (Å²) in [5, 5.41) is 4.96. The smallest absolute Gasteiger partial charge is 0.160 e. The van der Waals surface area contributed by atoms with Gasteiger partial charge in [0, 0.05) is 5.39 Å². The Kier molecular flexibility index (Phi) is 1.81. The maximum atomic E-state index is 5.73. The lowest BCUT2D eigenvalue weighted by atomic mass is 10.1. The number of hydrogen-bond donors (Lipinski definition) is 1. The molecule has 0 saturated heterocycles. The zero-order valence-corrected chi connectivity index (χ0v) is 7.74. The summed E-state index contributed by atoms with van der Waals surface area (Å²) >= 11 is 0. The highest BCUT2D eigenvalue weighted by Gasteiger charge is 2.11. The van der Waals surface area contributed by atoms with Crippen molar-refractivity contribution in [3.63, 3.8) is 0 Å². The Hall–Kier alpha value is -1.35. The zero-order valence-electron chi connectivity index (χ0n) is 7.74. The molecule has 1 aromatic carbocycles. The average Bonchev–Trinajstić information content (AvgIpc) is 2.46. The molecule has 0 amide bonds. The van der Waals surface area contributed by atoms with E-state index in [0.717, 1.165) is 16.7 Å². The van der Waals surface area contributed by atoms with Crippen molar-refractivity contribution in [2.45, 2.75) is 19.9 Å². The Balaban J connectivity index is 2.69. The molecule has 0 saturated carbocycles. The molecule has 0 aliphatic carbocycles. The number of fused-ring (bicyclic) bond motifs is 1. The maximum Gasteiger partial charge on any atom is 0.160 e. The third-order valence-electron chi connectivity index (χ3n) is 2.07. The van der Waals surface area contributed by atoms with Gasteiger partial charge in [0.05, 0.1) is 6.04 Å². The average molecular weight is 176 g/mol. The normalized spacial score (nSPS) is 13.5. The van der Waals surface area contributed by atoms with Gasteiger partial charge in [-0.3, -0.25) is 0 Å². The van der Waals surface area contributed by atoms with Crippen molar-refractivity contribution in [3.8, 4) is 0 Å². The van der Waals surface area contributed by atoms with Crippen molar-refractivity contribution < 1.29 is 4.52 Å². The van der Waals surface area contributed by atoms with Crippen LogP contribution in [0.3, 0.4) is 0 Å². The van der Waals surface area contributed by atoms with Gasteiger partial charge in [0.2, 0.25) is 0 Å². The Morgan fingerprint density at radius 1 is 1.46 bits per heavy atom. The lowest BCUT2D eigenvalue weighted by Gasteiger charge is -1.98. The highest BCUT2D eigenvalue weighted by Crippen LogP contribution is 2.23. The van der Waals surface area contributed by atoms with E-state index in [1.165, 1.54) is 5.56 Å². The first-order chi connectivity index (χ1) is 6.18. The third-order valence-corrected chi connectivity index (χ3v) is 2.07. The second-order valence-corrected chi connectivity index (χ2v) is 3.36. The van der Waals surface area contributed by atoms with E-state index in [2.05, 4.69) is 5.16 Å². The molecular formula is C10H12N2O. The second kappa shape index (κ2) is 2.85. The monoisotopic (exact) mass is 176 g/mol. The molecule has 1 unspecified atom stereocenters. The zero-order chi connectivity index (χ0) is 9.42. The van der Waals surface area contributed by atoms with Crippen LogP contribution in [0.25, 0.3) is 10.9 Å². The molecule has 0 aliphatic heterocycles. The van der Waals surface area contributed by atoms with Crippen LogP contribution in [0.2, 0.25) is 0 Å². The van der Waals surface area contributed by atoms with Crippen molar-refractivity contribution in [1.82, 2.24) is 5.16 Å². The van der Waals surface area contributed by atoms with Crippen molar-refractivity contribution in [3.05, 3.63) is 29.5 Å². The summed E-state index contributed by atoms with van der Waals surface area (Å²) in [4.78, 5) is 0. The summed E-state index contributed by atoms with van der Waals surface area (Å²) in [7, 11) is 0. The summed E-state index contributed by atoms with van der Waals surface area (Å²) in [6, 6.07) is 5.92. The van der Waals surface area contributed by atoms with Gasteiger partial charge in [-0.25, -0.2) is 0 Å². The molecule has 2 N–H and O–H groups in total. The highest BCUT2D eigenvalue weighted by molar-refractivity contribution is 5.81. The fourth-order valence-electron chi connectivity index (χ4n) is 1.40. The molecule has 0 aliphatic rings. The lowest BCUT2D eigenvalue weighted by molar-refractivity contribution is 0.375. The van der Waals surface area contributed by atoms with Crippen molar-refractivity contribution in [2.24, 2.45) is 5.73 Å². The molecule has 0 spiro atoms. The van der Waals surface area contributed by atoms with Crippen LogP contribution in [0, 0.1) is 6.92 Å². The summed E-state index contributed by atoms with van der Waals surface area (Å²) in [5.74, 6) is 0.759. The highest BCUT2D eigenvalue weighted by atomic mass is 16.5. The van der Waals surface area contributed by atoms with Gasteiger partial charge in [0.1, 0.15) is 5.52 Å². The van der Waals surface area contributed by atoms with E-state index in [4.69, 9.17) is 10.3 Å². The first kappa shape index (κ1) is 8.26. The van der Waals surface area contributed by atoms with Gasteiger partial charge >= 0.3 is 0 Å². The van der Waals surface area contributed by atoms with E-state index in [-0.39, 0.29) is 6.04 Å². The van der Waals surface area contributed by atoms with Gasteiger partial charge < -0.3 is 10.3 Å². The third kappa shape index (κ3) is 1.31. The molecule has 0 bridgehead atoms. The molecule has 0 radical (unpaired) electrons. The van der Waals surface area contributed by atoms with Crippen LogP contribution in [0.1, 0.15) is 24.3 Å². The van der Waals surface area contributed by atoms with Crippen LogP contribution in [-0.2, 0) is 0 Å². The molecule has 1 atom stereocenters. The summed E-state index contributed by atoms with van der Waals surface area (Å²) in [6.07, 6.45) is 0. The standard InChI is InChI=1S/C10H12N2O/c1-6-3-4-8-9(5-6)12-13-10(8)7(2)11/h3-5,7H,11H2,1-2H3. The quantitative estimate of drug-likeness (QED) is 0.724. The van der Waals surface area contributed by atoms with Gasteiger partial charge in [-0.2, -0.15) is 0 Å². The van der Waals surface area contributed by atoms with E-state index in [1.54, 1.807) is 0 Å². The van der Waals surface area contributed by atoms with Crippen LogP contribution in [0.5, 0.6) is 0 Å². The van der Waals surface area contributed by atoms with Crippen LogP contribution >= 0.6 is 0 Å². The van der Waals surface area contributed by atoms with Crippen LogP contribution in [0.4, 0.5) is 0 Å². The van der Waals surface area contributed by atoms with Crippen LogP contribution < -0.4 is 5.73 Å². The van der Waals surface area contributed by atoms with Crippen molar-refractivity contribution in [1.29, 1.82) is 0 Å². The number of hydrogen-bond acceptors (Lipinski definition) is 3. The largest absolute Gasteiger partial charge is 0.358 e. The Morgan fingerprint density at radius 2 is 2.23 bits per heavy atom. The minimum absolute atomic E-state index is 0.104. The molecule has 3 nitrogen and oxygen atoms in total. The van der Waals surface area contributed by atoms with Gasteiger partial charge in [0.15, 0.2) is 5.76 Å². The van der Waals surface area contributed by atoms with Gasteiger partial charge in [-0.15, -0.1) is 0 Å². The second-order valence-electron chi connectivity index (χ2n) is 3.36. The topological polar surface area (TPSA) is 52.0 Å². The van der Waals surface area contributed by atoms with Crippen molar-refractivity contribution in [2.75, 3.05) is 0 Å². The van der Waals surface area contributed by atoms with Crippen LogP contribution in [-0.4, -0.2) is 5.16 Å². The molecule has 0 fully saturated rings. The summed E-state index contributed by atoms with van der Waals surface area (Å²) in [5.41, 5.74) is 7.79. The summed E-state index contributed by atoms with van der Waals surface area (Å²) < 4.78 is 5.16. The maximum absolute atomic E-state index is 5.73. The van der Waals surface area contributed by atoms with E-state index in [9.17, 15) is 0 Å². The molecule has 3 heteroatoms. The Labute approximate surface area is 76.5 Å². The van der Waals surface area contributed by atoms with Crippen LogP contribution in [0.15, 0.2) is 22.7 Å². The number of nitrogens with two attached hydrogens (primary N) is 1. The van der Waals surface area contributed by atoms with E-state index >= 15 is 0 Å². The first-order valence-electron chi connectivity index (χ1n) is 4.30. The SMILES string of the molecule is Cc1ccc2c(C(C)N)onc2c1. The summed E-state index contributed by atoms with van der Waals surface area (Å²) in [6.45, 7) is 3.92. The van der Waals surface area contributed by atoms with E-state index in [0.29, 0.717) is 0 Å². The molecule has 1 aromatic heterocycles. The van der Waals surface area contributed by atoms with Gasteiger partial charge in [0.25, 0.3) is 0 Å². The number of nitrogens with zero attached hydrogens (tertiary/aromatic N) is 1. The first-order valence-corrected chi connectivity index (χ1v) is 4.30. The minimum atomic E-state index is -0.104. The Bertz CT molecular complexity index is 431. The molecule has 2 rings (SSSR count). The predicted molar refractivity (Wildman–Crippen MR) is 51.3 cm³/mol. The van der Waals surface area contributed by atoms with Gasteiger partial charge in [-0.1, -0.05) is 11.2 Å². The van der Waals surface area contributed by atoms with Gasteiger partial charge in [-0.05, 0) is 31.5 Å². The predicted octanol–water partition coefficient (Wildman–Crippen LogP) is 2.16. The molecule has 13 heavy (non-hydrogen) atoms. The number of benzene rings is 1. The van der Waals surface area contributed by atoms with Crippen molar-refractivity contribution >= 4 is 10.9 Å². The number of rotatable bonds is 1. The van der Waals surface area contributed by atoms with E-state index in [1.807, 2.05) is 32.0 Å². The molecular weight excluding hydrogens is 164 g/mol. The Morgan fingerprint density at radius 3 is 2.92 bits per heavy atom.